The number of nitrogens with zero attached hydrogens (tertiary/aromatic N) is 4. The number of carbonyl (C=O) groups excluding carboxylic acids is 1. The summed E-state index contributed by atoms with van der Waals surface area (Å²) in [5.41, 5.74) is 0.152. The van der Waals surface area contributed by atoms with Crippen LogP contribution in [0.15, 0.2) is 11.0 Å². The molecule has 108 valence electrons. The van der Waals surface area contributed by atoms with Crippen LogP contribution in [-0.2, 0) is 4.79 Å². The third kappa shape index (κ3) is 2.79. The van der Waals surface area contributed by atoms with Crippen LogP contribution in [0.2, 0.25) is 0 Å². The Morgan fingerprint density at radius 3 is 2.80 bits per heavy atom. The van der Waals surface area contributed by atoms with E-state index in [0.717, 1.165) is 6.42 Å². The molecule has 0 aliphatic carbocycles. The average molecular weight is 278 g/mol. The number of H-pyrrole nitrogens is 2. The normalized spacial score (nSPS) is 10.8. The number of aromatic amines is 2. The summed E-state index contributed by atoms with van der Waals surface area (Å²) in [4.78, 5) is 34.0. The van der Waals surface area contributed by atoms with Crippen LogP contribution in [0.4, 0.5) is 5.95 Å². The Balaban J connectivity index is 2.35. The summed E-state index contributed by atoms with van der Waals surface area (Å²) in [6, 6.07) is 0. The first kappa shape index (κ1) is 14.0. The fourth-order valence-electron chi connectivity index (χ4n) is 1.82. The zero-order valence-corrected chi connectivity index (χ0v) is 11.8. The summed E-state index contributed by atoms with van der Waals surface area (Å²) in [5, 5.41) is 6.87. The third-order valence-corrected chi connectivity index (χ3v) is 2.92. The minimum Gasteiger partial charge on any atom is -0.347 e. The van der Waals surface area contributed by atoms with Crippen molar-refractivity contribution in [3.8, 4) is 0 Å². The zero-order chi connectivity index (χ0) is 14.7. The van der Waals surface area contributed by atoms with Gasteiger partial charge in [0.05, 0.1) is 12.7 Å². The largest absolute Gasteiger partial charge is 0.347 e. The number of likely N-dealkylation sites (N-methyl/N-ethyl adjacent to an activating group) is 1. The standard InChI is InChI=1S/C12H18N6O2/c1-4-5-18(7-9(19)17(2)3)12-14-10-8(6-13-16-10)11(20)15-12/h6H,4-5,7H2,1-3H3,(H2,13,14,15,16,20). The number of fused-ring (bicyclic) bond motifs is 1. The Hall–Kier alpha value is -2.38. The van der Waals surface area contributed by atoms with Gasteiger partial charge in [0.1, 0.15) is 5.39 Å². The van der Waals surface area contributed by atoms with Crippen molar-refractivity contribution >= 4 is 22.9 Å². The van der Waals surface area contributed by atoms with E-state index in [4.69, 9.17) is 0 Å². The fraction of sp³-hybridized carbons (Fsp3) is 0.500. The van der Waals surface area contributed by atoms with E-state index in [0.29, 0.717) is 23.5 Å². The minimum absolute atomic E-state index is 0.0502. The monoisotopic (exact) mass is 278 g/mol. The van der Waals surface area contributed by atoms with Crippen LogP contribution in [0.1, 0.15) is 13.3 Å². The van der Waals surface area contributed by atoms with Crippen molar-refractivity contribution in [2.45, 2.75) is 13.3 Å². The number of hydrogen-bond donors (Lipinski definition) is 2. The molecule has 0 atom stereocenters. The second kappa shape index (κ2) is 5.72. The van der Waals surface area contributed by atoms with Crippen molar-refractivity contribution in [1.82, 2.24) is 25.1 Å². The molecular formula is C12H18N6O2. The Morgan fingerprint density at radius 1 is 1.40 bits per heavy atom. The molecular weight excluding hydrogens is 260 g/mol. The highest BCUT2D eigenvalue weighted by molar-refractivity contribution is 5.81. The predicted molar refractivity (Wildman–Crippen MR) is 75.7 cm³/mol. The number of hydrogen-bond acceptors (Lipinski definition) is 5. The first-order chi connectivity index (χ1) is 9.52. The van der Waals surface area contributed by atoms with Gasteiger partial charge in [-0.25, -0.2) is 0 Å². The molecule has 0 saturated carbocycles. The van der Waals surface area contributed by atoms with Gasteiger partial charge in [0.25, 0.3) is 5.56 Å². The number of rotatable bonds is 5. The van der Waals surface area contributed by atoms with Crippen molar-refractivity contribution in [2.24, 2.45) is 0 Å². The van der Waals surface area contributed by atoms with Crippen LogP contribution >= 0.6 is 0 Å². The molecule has 1 amide bonds. The minimum atomic E-state index is -0.267. The Kier molecular flexibility index (Phi) is 4.02. The van der Waals surface area contributed by atoms with Crippen molar-refractivity contribution < 1.29 is 4.79 Å². The summed E-state index contributed by atoms with van der Waals surface area (Å²) in [5.74, 6) is 0.328. The van der Waals surface area contributed by atoms with Gasteiger partial charge < -0.3 is 9.80 Å². The molecule has 0 saturated heterocycles. The topological polar surface area (TPSA) is 98.0 Å². The van der Waals surface area contributed by atoms with Crippen LogP contribution in [0.5, 0.6) is 0 Å². The van der Waals surface area contributed by atoms with Gasteiger partial charge in [-0.05, 0) is 6.42 Å². The fourth-order valence-corrected chi connectivity index (χ4v) is 1.82. The number of nitrogens with one attached hydrogen (secondary N) is 2. The Bertz CT molecular complexity index is 659. The van der Waals surface area contributed by atoms with E-state index >= 15 is 0 Å². The van der Waals surface area contributed by atoms with E-state index in [2.05, 4.69) is 20.2 Å². The SMILES string of the molecule is CCCN(CC(=O)N(C)C)c1nc2[nH]ncc2c(=O)[nH]1. The number of amides is 1. The molecule has 8 nitrogen and oxygen atoms in total. The van der Waals surface area contributed by atoms with Gasteiger partial charge in [-0.1, -0.05) is 6.92 Å². The van der Waals surface area contributed by atoms with E-state index in [9.17, 15) is 9.59 Å². The maximum atomic E-state index is 11.9. The first-order valence-corrected chi connectivity index (χ1v) is 6.41. The lowest BCUT2D eigenvalue weighted by atomic mass is 10.4. The first-order valence-electron chi connectivity index (χ1n) is 6.41. The average Bonchev–Trinajstić information content (AvgIpc) is 2.86. The molecule has 20 heavy (non-hydrogen) atoms. The van der Waals surface area contributed by atoms with Gasteiger partial charge in [-0.15, -0.1) is 0 Å². The highest BCUT2D eigenvalue weighted by Crippen LogP contribution is 2.10. The molecule has 0 aromatic carbocycles. The van der Waals surface area contributed by atoms with Crippen molar-refractivity contribution in [2.75, 3.05) is 32.1 Å². The van der Waals surface area contributed by atoms with Crippen LogP contribution in [-0.4, -0.2) is 58.2 Å². The molecule has 0 aliphatic rings. The van der Waals surface area contributed by atoms with Crippen LogP contribution < -0.4 is 10.5 Å². The van der Waals surface area contributed by atoms with Crippen molar-refractivity contribution in [3.63, 3.8) is 0 Å². The van der Waals surface area contributed by atoms with Gasteiger partial charge in [-0.3, -0.25) is 19.7 Å². The molecule has 2 rings (SSSR count). The number of anilines is 1. The van der Waals surface area contributed by atoms with Gasteiger partial charge >= 0.3 is 0 Å². The zero-order valence-electron chi connectivity index (χ0n) is 11.8. The molecule has 0 unspecified atom stereocenters. The van der Waals surface area contributed by atoms with E-state index < -0.39 is 0 Å². The second-order valence-corrected chi connectivity index (χ2v) is 4.73. The lowest BCUT2D eigenvalue weighted by Gasteiger charge is -2.23. The Morgan fingerprint density at radius 2 is 2.15 bits per heavy atom. The molecule has 0 aliphatic heterocycles. The molecule has 8 heteroatoms. The summed E-state index contributed by atoms with van der Waals surface area (Å²) in [6.45, 7) is 2.80. The number of aromatic nitrogens is 4. The molecule has 0 fully saturated rings. The molecule has 2 N–H and O–H groups in total. The third-order valence-electron chi connectivity index (χ3n) is 2.92. The lowest BCUT2D eigenvalue weighted by Crippen LogP contribution is -2.38. The maximum Gasteiger partial charge on any atom is 0.263 e. The molecule has 2 heterocycles. The van der Waals surface area contributed by atoms with Gasteiger partial charge in [0.2, 0.25) is 11.9 Å². The van der Waals surface area contributed by atoms with Crippen LogP contribution in [0.25, 0.3) is 11.0 Å². The summed E-state index contributed by atoms with van der Waals surface area (Å²) in [7, 11) is 3.39. The van der Waals surface area contributed by atoms with Crippen LogP contribution in [0.3, 0.4) is 0 Å². The molecule has 0 bridgehead atoms. The molecule has 2 aromatic rings. The highest BCUT2D eigenvalue weighted by Gasteiger charge is 2.16. The molecule has 2 aromatic heterocycles. The van der Waals surface area contributed by atoms with E-state index in [1.807, 2.05) is 6.92 Å². The lowest BCUT2D eigenvalue weighted by molar-refractivity contribution is -0.127. The Labute approximate surface area is 115 Å². The van der Waals surface area contributed by atoms with Crippen LogP contribution in [0, 0.1) is 0 Å². The highest BCUT2D eigenvalue weighted by atomic mass is 16.2. The van der Waals surface area contributed by atoms with E-state index in [1.54, 1.807) is 19.0 Å². The molecule has 0 radical (unpaired) electrons. The quantitative estimate of drug-likeness (QED) is 0.799. The predicted octanol–water partition coefficient (Wildman–Crippen LogP) is -0.0492. The van der Waals surface area contributed by atoms with Gasteiger partial charge in [-0.2, -0.15) is 10.1 Å². The van der Waals surface area contributed by atoms with Crippen molar-refractivity contribution in [3.05, 3.63) is 16.6 Å². The van der Waals surface area contributed by atoms with Crippen molar-refractivity contribution in [1.29, 1.82) is 0 Å². The maximum absolute atomic E-state index is 11.9. The summed E-state index contributed by atoms with van der Waals surface area (Å²) in [6.07, 6.45) is 2.27. The van der Waals surface area contributed by atoms with E-state index in [-0.39, 0.29) is 18.0 Å². The molecule has 0 spiro atoms. The summed E-state index contributed by atoms with van der Waals surface area (Å²) >= 11 is 0. The van der Waals surface area contributed by atoms with Gasteiger partial charge in [0.15, 0.2) is 5.65 Å². The summed E-state index contributed by atoms with van der Waals surface area (Å²) < 4.78 is 0. The number of carbonyl (C=O) groups is 1. The second-order valence-electron chi connectivity index (χ2n) is 4.73. The van der Waals surface area contributed by atoms with E-state index in [1.165, 1.54) is 11.1 Å². The smallest absolute Gasteiger partial charge is 0.263 e. The van der Waals surface area contributed by atoms with Gasteiger partial charge in [0, 0.05) is 20.6 Å².